The fourth-order valence-corrected chi connectivity index (χ4v) is 5.07. The van der Waals surface area contributed by atoms with E-state index >= 15 is 0 Å². The molecule has 8 nitrogen and oxygen atoms in total. The lowest BCUT2D eigenvalue weighted by atomic mass is 10.2. The molecule has 2 heterocycles. The molecule has 0 bridgehead atoms. The molecule has 0 unspecified atom stereocenters. The minimum Gasteiger partial charge on any atom is -0.497 e. The van der Waals surface area contributed by atoms with Gasteiger partial charge in [-0.3, -0.25) is 4.79 Å². The first kappa shape index (κ1) is 21.1. The van der Waals surface area contributed by atoms with Crippen LogP contribution in [0.25, 0.3) is 5.69 Å². The summed E-state index contributed by atoms with van der Waals surface area (Å²) in [4.78, 5) is 14.9. The summed E-state index contributed by atoms with van der Waals surface area (Å²) in [5, 5.41) is 4.36. The second-order valence-electron chi connectivity index (χ2n) is 7.26. The molecule has 0 saturated carbocycles. The lowest BCUT2D eigenvalue weighted by molar-refractivity contribution is 0.0697. The maximum Gasteiger partial charge on any atom is 0.257 e. The third-order valence-corrected chi connectivity index (χ3v) is 7.38. The molecule has 1 amide bonds. The van der Waals surface area contributed by atoms with E-state index in [0.29, 0.717) is 24.4 Å². The molecule has 1 aliphatic rings. The van der Waals surface area contributed by atoms with Crippen molar-refractivity contribution in [3.05, 3.63) is 72.1 Å². The Morgan fingerprint density at radius 2 is 1.61 bits per heavy atom. The van der Waals surface area contributed by atoms with Crippen LogP contribution in [0.15, 0.2) is 65.7 Å². The summed E-state index contributed by atoms with van der Waals surface area (Å²) in [5.74, 6) is 0.460. The highest BCUT2D eigenvalue weighted by molar-refractivity contribution is 7.89. The molecule has 1 fully saturated rings. The number of hydrogen-bond acceptors (Lipinski definition) is 5. The Balaban J connectivity index is 1.45. The van der Waals surface area contributed by atoms with Crippen LogP contribution in [0.1, 0.15) is 16.1 Å². The molecule has 9 heteroatoms. The SMILES string of the molecule is COc1ccc(S(=O)(=O)N2CCN(C(=O)c3cnn(-c4ccccc4)c3C)CC2)cc1. The second-order valence-corrected chi connectivity index (χ2v) is 9.20. The van der Waals surface area contributed by atoms with Gasteiger partial charge < -0.3 is 9.64 Å². The van der Waals surface area contributed by atoms with Crippen molar-refractivity contribution in [1.82, 2.24) is 19.0 Å². The molecule has 162 valence electrons. The lowest BCUT2D eigenvalue weighted by Gasteiger charge is -2.34. The van der Waals surface area contributed by atoms with Gasteiger partial charge in [-0.05, 0) is 43.3 Å². The van der Waals surface area contributed by atoms with Crippen LogP contribution < -0.4 is 4.74 Å². The van der Waals surface area contributed by atoms with Gasteiger partial charge in [0.1, 0.15) is 5.75 Å². The zero-order valence-corrected chi connectivity index (χ0v) is 18.2. The molecule has 1 saturated heterocycles. The molecule has 0 aliphatic carbocycles. The lowest BCUT2D eigenvalue weighted by Crippen LogP contribution is -2.50. The van der Waals surface area contributed by atoms with E-state index in [1.54, 1.807) is 27.9 Å². The normalized spacial score (nSPS) is 15.1. The van der Waals surface area contributed by atoms with Crippen molar-refractivity contribution >= 4 is 15.9 Å². The zero-order valence-electron chi connectivity index (χ0n) is 17.4. The van der Waals surface area contributed by atoms with Crippen molar-refractivity contribution in [3.8, 4) is 11.4 Å². The topological polar surface area (TPSA) is 84.7 Å². The highest BCUT2D eigenvalue weighted by atomic mass is 32.2. The maximum absolute atomic E-state index is 13.1. The van der Waals surface area contributed by atoms with Crippen molar-refractivity contribution in [3.63, 3.8) is 0 Å². The quantitative estimate of drug-likeness (QED) is 0.608. The number of carbonyl (C=O) groups excluding carboxylic acids is 1. The summed E-state index contributed by atoms with van der Waals surface area (Å²) < 4.78 is 34.1. The third kappa shape index (κ3) is 4.06. The second kappa shape index (κ2) is 8.52. The number of rotatable bonds is 5. The Hall–Kier alpha value is -3.17. The van der Waals surface area contributed by atoms with Crippen molar-refractivity contribution < 1.29 is 17.9 Å². The van der Waals surface area contributed by atoms with Gasteiger partial charge in [-0.1, -0.05) is 18.2 Å². The minimum absolute atomic E-state index is 0.138. The molecule has 0 spiro atoms. The Kier molecular flexibility index (Phi) is 5.79. The number of ether oxygens (including phenoxy) is 1. The van der Waals surface area contributed by atoms with Gasteiger partial charge in [-0.2, -0.15) is 9.40 Å². The number of methoxy groups -OCH3 is 1. The molecule has 0 atom stereocenters. The highest BCUT2D eigenvalue weighted by Gasteiger charge is 2.31. The van der Waals surface area contributed by atoms with Crippen LogP contribution >= 0.6 is 0 Å². The monoisotopic (exact) mass is 440 g/mol. The van der Waals surface area contributed by atoms with Crippen LogP contribution in [0.2, 0.25) is 0 Å². The van der Waals surface area contributed by atoms with E-state index in [-0.39, 0.29) is 23.9 Å². The van der Waals surface area contributed by atoms with Gasteiger partial charge in [0.2, 0.25) is 10.0 Å². The van der Waals surface area contributed by atoms with Crippen molar-refractivity contribution in [2.75, 3.05) is 33.3 Å². The van der Waals surface area contributed by atoms with Crippen LogP contribution in [0.3, 0.4) is 0 Å². The Morgan fingerprint density at radius 3 is 2.23 bits per heavy atom. The molecule has 2 aromatic carbocycles. The third-order valence-electron chi connectivity index (χ3n) is 5.46. The summed E-state index contributed by atoms with van der Waals surface area (Å²) in [6.07, 6.45) is 1.57. The van der Waals surface area contributed by atoms with Crippen LogP contribution in [0.4, 0.5) is 0 Å². The van der Waals surface area contributed by atoms with E-state index in [4.69, 9.17) is 4.74 Å². The van der Waals surface area contributed by atoms with E-state index in [1.807, 2.05) is 37.3 Å². The number of piperazine rings is 1. The number of hydrogen-bond donors (Lipinski definition) is 0. The van der Waals surface area contributed by atoms with Crippen molar-refractivity contribution in [1.29, 1.82) is 0 Å². The average molecular weight is 441 g/mol. The molecule has 31 heavy (non-hydrogen) atoms. The summed E-state index contributed by atoms with van der Waals surface area (Å²) in [5.41, 5.74) is 2.16. The fourth-order valence-electron chi connectivity index (χ4n) is 3.65. The predicted molar refractivity (Wildman–Crippen MR) is 116 cm³/mol. The van der Waals surface area contributed by atoms with Crippen LogP contribution in [0.5, 0.6) is 5.75 Å². The first-order valence-electron chi connectivity index (χ1n) is 9.95. The Labute approximate surface area is 181 Å². The molecular formula is C22H24N4O4S. The van der Waals surface area contributed by atoms with E-state index in [0.717, 1.165) is 11.4 Å². The van der Waals surface area contributed by atoms with E-state index in [1.165, 1.54) is 23.5 Å². The first-order valence-corrected chi connectivity index (χ1v) is 11.4. The molecule has 1 aromatic heterocycles. The Morgan fingerprint density at radius 1 is 0.968 bits per heavy atom. The molecule has 1 aliphatic heterocycles. The van der Waals surface area contributed by atoms with Gasteiger partial charge in [-0.15, -0.1) is 0 Å². The number of benzene rings is 2. The Bertz CT molecular complexity index is 1170. The van der Waals surface area contributed by atoms with Crippen molar-refractivity contribution in [2.45, 2.75) is 11.8 Å². The standard InChI is InChI=1S/C22H24N4O4S/c1-17-21(16-23-26(17)18-6-4-3-5-7-18)22(27)24-12-14-25(15-13-24)31(28,29)20-10-8-19(30-2)9-11-20/h3-11,16H,12-15H2,1-2H3. The number of aromatic nitrogens is 2. The van der Waals surface area contributed by atoms with Gasteiger partial charge in [-0.25, -0.2) is 13.1 Å². The molecule has 0 radical (unpaired) electrons. The van der Waals surface area contributed by atoms with Gasteiger partial charge in [0, 0.05) is 26.2 Å². The van der Waals surface area contributed by atoms with Gasteiger partial charge in [0.25, 0.3) is 5.91 Å². The van der Waals surface area contributed by atoms with Crippen LogP contribution in [0, 0.1) is 6.92 Å². The molecule has 3 aromatic rings. The molecular weight excluding hydrogens is 416 g/mol. The number of sulfonamides is 1. The van der Waals surface area contributed by atoms with Gasteiger partial charge in [0.05, 0.1) is 35.1 Å². The van der Waals surface area contributed by atoms with E-state index in [2.05, 4.69) is 5.10 Å². The largest absolute Gasteiger partial charge is 0.497 e. The molecule has 0 N–H and O–H groups in total. The van der Waals surface area contributed by atoms with Crippen molar-refractivity contribution in [2.24, 2.45) is 0 Å². The average Bonchev–Trinajstić information content (AvgIpc) is 3.20. The number of nitrogens with zero attached hydrogens (tertiary/aromatic N) is 4. The summed E-state index contributed by atoms with van der Waals surface area (Å²) in [7, 11) is -2.08. The number of amides is 1. The minimum atomic E-state index is -3.62. The van der Waals surface area contributed by atoms with E-state index in [9.17, 15) is 13.2 Å². The zero-order chi connectivity index (χ0) is 22.0. The summed E-state index contributed by atoms with van der Waals surface area (Å²) in [6.45, 7) is 2.99. The van der Waals surface area contributed by atoms with Crippen LogP contribution in [-0.2, 0) is 10.0 Å². The van der Waals surface area contributed by atoms with E-state index < -0.39 is 10.0 Å². The fraction of sp³-hybridized carbons (Fsp3) is 0.273. The highest BCUT2D eigenvalue weighted by Crippen LogP contribution is 2.22. The van der Waals surface area contributed by atoms with Gasteiger partial charge >= 0.3 is 0 Å². The first-order chi connectivity index (χ1) is 14.9. The van der Waals surface area contributed by atoms with Gasteiger partial charge in [0.15, 0.2) is 0 Å². The van der Waals surface area contributed by atoms with Crippen LogP contribution in [-0.4, -0.2) is 66.6 Å². The maximum atomic E-state index is 13.1. The number of para-hydroxylation sites is 1. The predicted octanol–water partition coefficient (Wildman–Crippen LogP) is 2.34. The summed E-state index contributed by atoms with van der Waals surface area (Å²) >= 11 is 0. The number of carbonyl (C=O) groups is 1. The summed E-state index contributed by atoms with van der Waals surface area (Å²) in [6, 6.07) is 15.9. The smallest absolute Gasteiger partial charge is 0.257 e. The molecule has 4 rings (SSSR count).